The van der Waals surface area contributed by atoms with Crippen molar-refractivity contribution in [3.8, 4) is 11.3 Å². The minimum atomic E-state index is -1.05. The van der Waals surface area contributed by atoms with E-state index >= 15 is 0 Å². The second kappa shape index (κ2) is 3.57. The molecule has 2 aromatic rings. The number of aromatic nitrogens is 2. The van der Waals surface area contributed by atoms with Gasteiger partial charge in [0, 0.05) is 11.8 Å². The molecule has 2 N–H and O–H groups in total. The predicted molar refractivity (Wildman–Crippen MR) is 55.7 cm³/mol. The molecule has 0 fully saturated rings. The van der Waals surface area contributed by atoms with Crippen molar-refractivity contribution in [2.45, 2.75) is 6.92 Å². The Balaban J connectivity index is 2.46. The Labute approximate surface area is 86.6 Å². The maximum Gasteiger partial charge on any atom is 0.371 e. The number of rotatable bonds is 2. The van der Waals surface area contributed by atoms with Gasteiger partial charge in [-0.2, -0.15) is 0 Å². The third-order valence-electron chi connectivity index (χ3n) is 2.20. The highest BCUT2D eigenvalue weighted by molar-refractivity contribution is 5.84. The number of nitrogens with one attached hydrogen (secondary N) is 1. The lowest BCUT2D eigenvalue weighted by atomic mass is 10.1. The van der Waals surface area contributed by atoms with Gasteiger partial charge in [-0.15, -0.1) is 0 Å². The van der Waals surface area contributed by atoms with Crippen LogP contribution in [0.25, 0.3) is 11.3 Å². The average Bonchev–Trinajstić information content (AvgIpc) is 2.67. The van der Waals surface area contributed by atoms with Crippen LogP contribution in [0, 0.1) is 6.92 Å². The van der Waals surface area contributed by atoms with E-state index in [0.717, 1.165) is 11.1 Å². The van der Waals surface area contributed by atoms with Crippen molar-refractivity contribution in [3.05, 3.63) is 41.9 Å². The van der Waals surface area contributed by atoms with E-state index in [9.17, 15) is 4.79 Å². The summed E-state index contributed by atoms with van der Waals surface area (Å²) in [5.41, 5.74) is 2.67. The van der Waals surface area contributed by atoms with E-state index in [4.69, 9.17) is 5.11 Å². The summed E-state index contributed by atoms with van der Waals surface area (Å²) in [4.78, 5) is 17.2. The molecule has 0 unspecified atom stereocenters. The molecule has 1 heterocycles. The fourth-order valence-corrected chi connectivity index (χ4v) is 1.43. The van der Waals surface area contributed by atoms with Crippen molar-refractivity contribution in [2.75, 3.05) is 0 Å². The number of carbonyl (C=O) groups is 1. The highest BCUT2D eigenvalue weighted by atomic mass is 16.4. The molecule has 4 heteroatoms. The Bertz CT molecular complexity index is 503. The first-order valence-electron chi connectivity index (χ1n) is 4.53. The van der Waals surface area contributed by atoms with Crippen LogP contribution in [0.5, 0.6) is 0 Å². The number of aromatic carboxylic acids is 1. The molecule has 0 atom stereocenters. The number of benzene rings is 1. The maximum absolute atomic E-state index is 10.6. The van der Waals surface area contributed by atoms with E-state index in [1.165, 1.54) is 0 Å². The molecule has 76 valence electrons. The third kappa shape index (κ3) is 1.74. The molecule has 0 aliphatic rings. The minimum absolute atomic E-state index is 0.0340. The Morgan fingerprint density at radius 1 is 1.40 bits per heavy atom. The Morgan fingerprint density at radius 3 is 2.73 bits per heavy atom. The number of hydrogen-bond acceptors (Lipinski definition) is 2. The molecule has 0 aliphatic heterocycles. The van der Waals surface area contributed by atoms with Crippen LogP contribution in [0.3, 0.4) is 0 Å². The van der Waals surface area contributed by atoms with Crippen LogP contribution >= 0.6 is 0 Å². The van der Waals surface area contributed by atoms with Gasteiger partial charge in [0.15, 0.2) is 0 Å². The molecule has 0 aliphatic carbocycles. The molecule has 1 aromatic heterocycles. The number of carboxylic acid groups (broad SMARTS) is 1. The monoisotopic (exact) mass is 202 g/mol. The van der Waals surface area contributed by atoms with Crippen LogP contribution in [-0.2, 0) is 0 Å². The summed E-state index contributed by atoms with van der Waals surface area (Å²) in [5, 5.41) is 8.72. The molecule has 0 radical (unpaired) electrons. The second-order valence-electron chi connectivity index (χ2n) is 3.25. The highest BCUT2D eigenvalue weighted by Crippen LogP contribution is 2.20. The SMILES string of the molecule is Cc1ccccc1-c1c[nH]c(C(=O)O)n1. The van der Waals surface area contributed by atoms with E-state index < -0.39 is 5.97 Å². The van der Waals surface area contributed by atoms with Crippen LogP contribution < -0.4 is 0 Å². The molecule has 0 saturated carbocycles. The molecule has 0 amide bonds. The third-order valence-corrected chi connectivity index (χ3v) is 2.20. The molecule has 0 spiro atoms. The molecule has 0 bridgehead atoms. The van der Waals surface area contributed by atoms with Crippen LogP contribution in [0.15, 0.2) is 30.5 Å². The van der Waals surface area contributed by atoms with Gasteiger partial charge in [0.1, 0.15) is 0 Å². The van der Waals surface area contributed by atoms with Crippen molar-refractivity contribution in [1.29, 1.82) is 0 Å². The number of H-pyrrole nitrogens is 1. The summed E-state index contributed by atoms with van der Waals surface area (Å²) < 4.78 is 0. The summed E-state index contributed by atoms with van der Waals surface area (Å²) in [7, 11) is 0. The van der Waals surface area contributed by atoms with Gasteiger partial charge in [-0.3, -0.25) is 0 Å². The van der Waals surface area contributed by atoms with Gasteiger partial charge in [-0.05, 0) is 12.5 Å². The van der Waals surface area contributed by atoms with Crippen molar-refractivity contribution >= 4 is 5.97 Å². The van der Waals surface area contributed by atoms with Gasteiger partial charge in [0.05, 0.1) is 5.69 Å². The number of aromatic amines is 1. The fourth-order valence-electron chi connectivity index (χ4n) is 1.43. The van der Waals surface area contributed by atoms with E-state index in [1.54, 1.807) is 6.20 Å². The Kier molecular flexibility index (Phi) is 2.25. The van der Waals surface area contributed by atoms with E-state index in [2.05, 4.69) is 9.97 Å². The smallest absolute Gasteiger partial charge is 0.371 e. The van der Waals surface area contributed by atoms with Gasteiger partial charge in [-0.25, -0.2) is 9.78 Å². The summed E-state index contributed by atoms with van der Waals surface area (Å²) in [6.45, 7) is 1.96. The van der Waals surface area contributed by atoms with Crippen LogP contribution in [0.4, 0.5) is 0 Å². The zero-order valence-electron chi connectivity index (χ0n) is 8.19. The first kappa shape index (κ1) is 9.45. The minimum Gasteiger partial charge on any atom is -0.475 e. The topological polar surface area (TPSA) is 66.0 Å². The highest BCUT2D eigenvalue weighted by Gasteiger charge is 2.10. The largest absolute Gasteiger partial charge is 0.475 e. The van der Waals surface area contributed by atoms with Crippen LogP contribution in [0.1, 0.15) is 16.2 Å². The quantitative estimate of drug-likeness (QED) is 0.783. The van der Waals surface area contributed by atoms with Crippen molar-refractivity contribution < 1.29 is 9.90 Å². The molecule has 4 nitrogen and oxygen atoms in total. The van der Waals surface area contributed by atoms with E-state index in [-0.39, 0.29) is 5.82 Å². The standard InChI is InChI=1S/C11H10N2O2/c1-7-4-2-3-5-8(7)9-6-12-10(13-9)11(14)15/h2-6H,1H3,(H,12,13)(H,14,15). The number of carboxylic acids is 1. The normalized spacial score (nSPS) is 10.2. The lowest BCUT2D eigenvalue weighted by Crippen LogP contribution is -1.98. The second-order valence-corrected chi connectivity index (χ2v) is 3.25. The van der Waals surface area contributed by atoms with Gasteiger partial charge in [-0.1, -0.05) is 24.3 Å². The number of nitrogens with zero attached hydrogens (tertiary/aromatic N) is 1. The van der Waals surface area contributed by atoms with E-state index in [1.807, 2.05) is 31.2 Å². The lowest BCUT2D eigenvalue weighted by molar-refractivity contribution is 0.0685. The van der Waals surface area contributed by atoms with Crippen molar-refractivity contribution in [3.63, 3.8) is 0 Å². The summed E-state index contributed by atoms with van der Waals surface area (Å²) >= 11 is 0. The predicted octanol–water partition coefficient (Wildman–Crippen LogP) is 2.08. The maximum atomic E-state index is 10.6. The van der Waals surface area contributed by atoms with Crippen molar-refractivity contribution in [2.24, 2.45) is 0 Å². The summed E-state index contributed by atoms with van der Waals surface area (Å²) in [5.74, 6) is -1.08. The first-order valence-corrected chi connectivity index (χ1v) is 4.53. The Hall–Kier alpha value is -2.10. The molecule has 1 aromatic carbocycles. The zero-order chi connectivity index (χ0) is 10.8. The molecule has 15 heavy (non-hydrogen) atoms. The summed E-state index contributed by atoms with van der Waals surface area (Å²) in [6.07, 6.45) is 1.60. The summed E-state index contributed by atoms with van der Waals surface area (Å²) in [6, 6.07) is 7.71. The molecular formula is C11H10N2O2. The van der Waals surface area contributed by atoms with Gasteiger partial charge in [0.25, 0.3) is 0 Å². The van der Waals surface area contributed by atoms with Gasteiger partial charge in [0.2, 0.25) is 5.82 Å². The van der Waals surface area contributed by atoms with Crippen LogP contribution in [0.2, 0.25) is 0 Å². The van der Waals surface area contributed by atoms with Crippen LogP contribution in [-0.4, -0.2) is 21.0 Å². The van der Waals surface area contributed by atoms with Gasteiger partial charge < -0.3 is 10.1 Å². The first-order chi connectivity index (χ1) is 7.18. The molecule has 0 saturated heterocycles. The average molecular weight is 202 g/mol. The number of hydrogen-bond donors (Lipinski definition) is 2. The lowest BCUT2D eigenvalue weighted by Gasteiger charge is -1.99. The van der Waals surface area contributed by atoms with Crippen molar-refractivity contribution in [1.82, 2.24) is 9.97 Å². The van der Waals surface area contributed by atoms with E-state index in [0.29, 0.717) is 5.69 Å². The molecule has 2 rings (SSSR count). The fraction of sp³-hybridized carbons (Fsp3) is 0.0909. The zero-order valence-corrected chi connectivity index (χ0v) is 8.19. The molecular weight excluding hydrogens is 192 g/mol. The number of imidazole rings is 1. The van der Waals surface area contributed by atoms with Gasteiger partial charge >= 0.3 is 5.97 Å². The number of aryl methyl sites for hydroxylation is 1. The Morgan fingerprint density at radius 2 is 2.13 bits per heavy atom.